The predicted octanol–water partition coefficient (Wildman–Crippen LogP) is 2.03. The number of hydrogen-bond donors (Lipinski definition) is 1. The molecule has 0 radical (unpaired) electrons. The summed E-state index contributed by atoms with van der Waals surface area (Å²) < 4.78 is 0. The first-order valence-corrected chi connectivity index (χ1v) is 5.35. The molecule has 0 unspecified atom stereocenters. The highest BCUT2D eigenvalue weighted by atomic mass is 16.2. The number of nitrogens with zero attached hydrogens (tertiary/aromatic N) is 1. The highest BCUT2D eigenvalue weighted by Gasteiger charge is 2.17. The van der Waals surface area contributed by atoms with E-state index in [1.807, 2.05) is 13.1 Å². The molecule has 1 aromatic carbocycles. The van der Waals surface area contributed by atoms with Crippen molar-refractivity contribution in [2.45, 2.75) is 19.8 Å². The zero-order valence-electron chi connectivity index (χ0n) is 9.21. The number of nitrogens with one attached hydrogen (secondary N) is 1. The summed E-state index contributed by atoms with van der Waals surface area (Å²) in [7, 11) is 1.83. The number of amides is 1. The average molecular weight is 204 g/mol. The molecule has 1 N–H and O–H groups in total. The molecule has 0 bridgehead atoms. The molecule has 1 aliphatic rings. The summed E-state index contributed by atoms with van der Waals surface area (Å²) in [6.45, 7) is 2.86. The fraction of sp³-hybridized carbons (Fsp3) is 0.417. The third kappa shape index (κ3) is 1.82. The molecule has 0 spiro atoms. The monoisotopic (exact) mass is 204 g/mol. The van der Waals surface area contributed by atoms with Gasteiger partial charge < -0.3 is 10.2 Å². The molecule has 0 atom stereocenters. The number of aryl methyl sites for hydroxylation is 1. The Kier molecular flexibility index (Phi) is 2.62. The number of carbonyl (C=O) groups excluding carboxylic acids is 1. The minimum atomic E-state index is 0.172. The number of fused-ring (bicyclic) bond motifs is 1. The highest BCUT2D eigenvalue weighted by Crippen LogP contribution is 2.28. The van der Waals surface area contributed by atoms with Crippen molar-refractivity contribution < 1.29 is 4.79 Å². The van der Waals surface area contributed by atoms with Crippen LogP contribution in [0.3, 0.4) is 0 Å². The van der Waals surface area contributed by atoms with Gasteiger partial charge in [-0.25, -0.2) is 0 Å². The van der Waals surface area contributed by atoms with Crippen LogP contribution in [0, 0.1) is 0 Å². The number of anilines is 2. The largest absolute Gasteiger partial charge is 0.383 e. The lowest BCUT2D eigenvalue weighted by atomic mass is 10.1. The van der Waals surface area contributed by atoms with Crippen LogP contribution in [0.1, 0.15) is 18.9 Å². The van der Waals surface area contributed by atoms with Crippen LogP contribution in [0.25, 0.3) is 0 Å². The molecule has 80 valence electrons. The van der Waals surface area contributed by atoms with E-state index in [2.05, 4.69) is 24.4 Å². The normalized spacial score (nSPS) is 15.6. The molecule has 1 aliphatic heterocycles. The Labute approximate surface area is 90.1 Å². The van der Waals surface area contributed by atoms with E-state index in [9.17, 15) is 4.79 Å². The molecule has 2 rings (SSSR count). The summed E-state index contributed by atoms with van der Waals surface area (Å²) in [6.07, 6.45) is 1.58. The van der Waals surface area contributed by atoms with Crippen LogP contribution >= 0.6 is 0 Å². The van der Waals surface area contributed by atoms with Crippen molar-refractivity contribution >= 4 is 17.3 Å². The van der Waals surface area contributed by atoms with Gasteiger partial charge in [-0.15, -0.1) is 0 Å². The Morgan fingerprint density at radius 1 is 1.47 bits per heavy atom. The third-order valence-corrected chi connectivity index (χ3v) is 2.86. The Balaban J connectivity index is 2.43. The molecule has 15 heavy (non-hydrogen) atoms. The molecular weight excluding hydrogens is 188 g/mol. The maximum absolute atomic E-state index is 11.6. The van der Waals surface area contributed by atoms with Gasteiger partial charge in [-0.1, -0.05) is 13.0 Å². The average Bonchev–Trinajstić information content (AvgIpc) is 2.40. The minimum Gasteiger partial charge on any atom is -0.383 e. The summed E-state index contributed by atoms with van der Waals surface area (Å²) in [5.41, 5.74) is 3.35. The fourth-order valence-electron chi connectivity index (χ4n) is 1.84. The SMILES string of the molecule is CCc1ccc2c(c1)NCCC(=O)N2C. The van der Waals surface area contributed by atoms with Crippen molar-refractivity contribution in [1.29, 1.82) is 0 Å². The van der Waals surface area contributed by atoms with Crippen molar-refractivity contribution in [3.05, 3.63) is 23.8 Å². The number of carbonyl (C=O) groups is 1. The number of rotatable bonds is 1. The molecule has 0 aromatic heterocycles. The molecule has 0 aliphatic carbocycles. The second kappa shape index (κ2) is 3.93. The second-order valence-corrected chi connectivity index (χ2v) is 3.83. The molecule has 0 fully saturated rings. The van der Waals surface area contributed by atoms with Crippen molar-refractivity contribution in [3.63, 3.8) is 0 Å². The van der Waals surface area contributed by atoms with E-state index in [0.29, 0.717) is 6.42 Å². The molecule has 0 saturated carbocycles. The quantitative estimate of drug-likeness (QED) is 0.759. The zero-order valence-corrected chi connectivity index (χ0v) is 9.21. The van der Waals surface area contributed by atoms with Crippen molar-refractivity contribution in [2.75, 3.05) is 23.8 Å². The zero-order chi connectivity index (χ0) is 10.8. The van der Waals surface area contributed by atoms with Crippen molar-refractivity contribution in [3.8, 4) is 0 Å². The van der Waals surface area contributed by atoms with Gasteiger partial charge in [0.25, 0.3) is 0 Å². The standard InChI is InChI=1S/C12H16N2O/c1-3-9-4-5-11-10(8-9)13-7-6-12(15)14(11)2/h4-5,8,13H,3,6-7H2,1-2H3. The summed E-state index contributed by atoms with van der Waals surface area (Å²) in [4.78, 5) is 13.3. The lowest BCUT2D eigenvalue weighted by Crippen LogP contribution is -2.25. The first-order chi connectivity index (χ1) is 7.22. The van der Waals surface area contributed by atoms with E-state index in [4.69, 9.17) is 0 Å². The molecule has 1 heterocycles. The van der Waals surface area contributed by atoms with Gasteiger partial charge in [0.05, 0.1) is 11.4 Å². The smallest absolute Gasteiger partial charge is 0.228 e. The van der Waals surface area contributed by atoms with Crippen LogP contribution in [-0.4, -0.2) is 19.5 Å². The van der Waals surface area contributed by atoms with Crippen LogP contribution < -0.4 is 10.2 Å². The molecular formula is C12H16N2O. The van der Waals surface area contributed by atoms with Gasteiger partial charge in [0.1, 0.15) is 0 Å². The predicted molar refractivity (Wildman–Crippen MR) is 62.3 cm³/mol. The van der Waals surface area contributed by atoms with Gasteiger partial charge in [0.2, 0.25) is 5.91 Å². The second-order valence-electron chi connectivity index (χ2n) is 3.83. The van der Waals surface area contributed by atoms with E-state index >= 15 is 0 Å². The number of hydrogen-bond acceptors (Lipinski definition) is 2. The Hall–Kier alpha value is -1.51. The van der Waals surface area contributed by atoms with Crippen molar-refractivity contribution in [1.82, 2.24) is 0 Å². The summed E-state index contributed by atoms with van der Waals surface area (Å²) in [5.74, 6) is 0.172. The fourth-order valence-corrected chi connectivity index (χ4v) is 1.84. The Bertz CT molecular complexity index is 387. The van der Waals surface area contributed by atoms with Crippen LogP contribution in [0.5, 0.6) is 0 Å². The topological polar surface area (TPSA) is 32.3 Å². The summed E-state index contributed by atoms with van der Waals surface area (Å²) in [6, 6.07) is 6.23. The first kappa shape index (κ1) is 10.0. The van der Waals surface area contributed by atoms with Crippen LogP contribution in [0.15, 0.2) is 18.2 Å². The molecule has 0 saturated heterocycles. The van der Waals surface area contributed by atoms with Crippen molar-refractivity contribution in [2.24, 2.45) is 0 Å². The molecule has 3 heteroatoms. The van der Waals surface area contributed by atoms with Crippen LogP contribution in [0.2, 0.25) is 0 Å². The van der Waals surface area contributed by atoms with Gasteiger partial charge in [-0.3, -0.25) is 4.79 Å². The van der Waals surface area contributed by atoms with Crippen LogP contribution in [0.4, 0.5) is 11.4 Å². The van der Waals surface area contributed by atoms with Gasteiger partial charge in [0, 0.05) is 20.0 Å². The van der Waals surface area contributed by atoms with Gasteiger partial charge >= 0.3 is 0 Å². The van der Waals surface area contributed by atoms with E-state index in [-0.39, 0.29) is 5.91 Å². The minimum absolute atomic E-state index is 0.172. The highest BCUT2D eigenvalue weighted by molar-refractivity contribution is 5.97. The third-order valence-electron chi connectivity index (χ3n) is 2.86. The Morgan fingerprint density at radius 3 is 3.00 bits per heavy atom. The maximum Gasteiger partial charge on any atom is 0.228 e. The lowest BCUT2D eigenvalue weighted by molar-refractivity contribution is -0.118. The summed E-state index contributed by atoms with van der Waals surface area (Å²) in [5, 5.41) is 3.30. The lowest BCUT2D eigenvalue weighted by Gasteiger charge is -2.17. The van der Waals surface area contributed by atoms with Crippen LogP contribution in [-0.2, 0) is 11.2 Å². The summed E-state index contributed by atoms with van der Waals surface area (Å²) >= 11 is 0. The van der Waals surface area contributed by atoms with E-state index in [0.717, 1.165) is 24.3 Å². The van der Waals surface area contributed by atoms with Gasteiger partial charge in [-0.05, 0) is 24.1 Å². The number of benzene rings is 1. The molecule has 1 amide bonds. The van der Waals surface area contributed by atoms with Gasteiger partial charge in [-0.2, -0.15) is 0 Å². The Morgan fingerprint density at radius 2 is 2.27 bits per heavy atom. The molecule has 3 nitrogen and oxygen atoms in total. The van der Waals surface area contributed by atoms with Gasteiger partial charge in [0.15, 0.2) is 0 Å². The first-order valence-electron chi connectivity index (χ1n) is 5.35. The van der Waals surface area contributed by atoms with E-state index < -0.39 is 0 Å². The van der Waals surface area contributed by atoms with E-state index in [1.54, 1.807) is 4.90 Å². The van der Waals surface area contributed by atoms with E-state index in [1.165, 1.54) is 5.56 Å². The maximum atomic E-state index is 11.6. The molecule has 1 aromatic rings.